The average Bonchev–Trinajstić information content (AvgIpc) is 2.88. The number of imidazole rings is 1. The molecule has 9 nitrogen and oxygen atoms in total. The Morgan fingerprint density at radius 1 is 1.36 bits per heavy atom. The van der Waals surface area contributed by atoms with Crippen LogP contribution in [0.25, 0.3) is 11.2 Å². The minimum absolute atomic E-state index is 0.285. The summed E-state index contributed by atoms with van der Waals surface area (Å²) in [4.78, 5) is 42.4. The Labute approximate surface area is 126 Å². The summed E-state index contributed by atoms with van der Waals surface area (Å²) in [5.74, 6) is -0.295. The van der Waals surface area contributed by atoms with Gasteiger partial charge in [0.25, 0.3) is 5.56 Å². The lowest BCUT2D eigenvalue weighted by atomic mass is 10.4. The maximum absolute atomic E-state index is 12.5. The minimum Gasteiger partial charge on any atom is -0.343 e. The van der Waals surface area contributed by atoms with Crippen molar-refractivity contribution in [1.82, 2.24) is 28.9 Å². The molecule has 0 bridgehead atoms. The number of aryl methyl sites for hydroxylation is 2. The first kappa shape index (κ1) is 16.0. The van der Waals surface area contributed by atoms with Gasteiger partial charge in [-0.05, 0) is 7.05 Å². The number of fused-ring (bicyclic) bond motifs is 1. The molecule has 1 N–H and O–H groups in total. The number of likely N-dealkylation sites (N-methyl/N-ethyl adjacent to an activating group) is 2. The van der Waals surface area contributed by atoms with Gasteiger partial charge >= 0.3 is 5.69 Å². The molecule has 0 fully saturated rings. The maximum Gasteiger partial charge on any atom is 0.332 e. The first-order chi connectivity index (χ1) is 10.4. The summed E-state index contributed by atoms with van der Waals surface area (Å²) in [6, 6.07) is 0. The summed E-state index contributed by atoms with van der Waals surface area (Å²) in [6.45, 7) is 0.848. The number of nitrogens with zero attached hydrogens (tertiary/aromatic N) is 5. The fourth-order valence-corrected chi connectivity index (χ4v) is 2.20. The predicted molar refractivity (Wildman–Crippen MR) is 81.8 cm³/mol. The molecular formula is C13H20N6O3. The summed E-state index contributed by atoms with van der Waals surface area (Å²) in [5, 5.41) is 2.94. The molecule has 0 aliphatic rings. The largest absolute Gasteiger partial charge is 0.343 e. The third kappa shape index (κ3) is 2.67. The van der Waals surface area contributed by atoms with Crippen LogP contribution in [0.1, 0.15) is 0 Å². The number of rotatable bonds is 5. The van der Waals surface area contributed by atoms with E-state index in [1.807, 2.05) is 0 Å². The summed E-state index contributed by atoms with van der Waals surface area (Å²) in [7, 11) is 6.63. The molecule has 0 aromatic carbocycles. The van der Waals surface area contributed by atoms with Gasteiger partial charge in [-0.1, -0.05) is 0 Å². The van der Waals surface area contributed by atoms with E-state index in [2.05, 4.69) is 10.3 Å². The van der Waals surface area contributed by atoms with Gasteiger partial charge in [-0.3, -0.25) is 14.2 Å². The Morgan fingerprint density at radius 3 is 2.68 bits per heavy atom. The first-order valence-corrected chi connectivity index (χ1v) is 6.88. The van der Waals surface area contributed by atoms with Gasteiger partial charge in [0.05, 0.1) is 6.33 Å². The van der Waals surface area contributed by atoms with Crippen molar-refractivity contribution >= 4 is 17.1 Å². The Hall–Kier alpha value is -2.42. The highest BCUT2D eigenvalue weighted by Crippen LogP contribution is 2.02. The van der Waals surface area contributed by atoms with E-state index >= 15 is 0 Å². The summed E-state index contributed by atoms with van der Waals surface area (Å²) in [6.07, 6.45) is 1.47. The molecule has 0 aliphatic carbocycles. The zero-order valence-electron chi connectivity index (χ0n) is 13.2. The number of carbonyl (C=O) groups is 1. The van der Waals surface area contributed by atoms with E-state index in [9.17, 15) is 14.4 Å². The highest BCUT2D eigenvalue weighted by atomic mass is 16.2. The van der Waals surface area contributed by atoms with Gasteiger partial charge in [0.1, 0.15) is 6.54 Å². The van der Waals surface area contributed by atoms with Crippen LogP contribution in [0, 0.1) is 0 Å². The highest BCUT2D eigenvalue weighted by Gasteiger charge is 2.18. The number of nitrogens with one attached hydrogen (secondary N) is 1. The molecule has 0 saturated carbocycles. The third-order valence-electron chi connectivity index (χ3n) is 3.62. The Kier molecular flexibility index (Phi) is 4.45. The standard InChI is InChI=1S/C13H20N6O3/c1-14-5-6-16(2)9(20)7-19-12(21)10-11(15-8-17(10)3)18(4)13(19)22/h8,14H,5-7H2,1-4H3. The van der Waals surface area contributed by atoms with E-state index in [0.717, 1.165) is 4.57 Å². The van der Waals surface area contributed by atoms with Crippen molar-refractivity contribution in [3.63, 3.8) is 0 Å². The van der Waals surface area contributed by atoms with Gasteiger partial charge in [-0.15, -0.1) is 0 Å². The van der Waals surface area contributed by atoms with Gasteiger partial charge in [0.15, 0.2) is 11.2 Å². The van der Waals surface area contributed by atoms with E-state index in [-0.39, 0.29) is 12.5 Å². The number of hydrogen-bond acceptors (Lipinski definition) is 5. The number of carbonyl (C=O) groups excluding carboxylic acids is 1. The molecule has 1 amide bonds. The molecule has 0 unspecified atom stereocenters. The zero-order valence-corrected chi connectivity index (χ0v) is 13.2. The van der Waals surface area contributed by atoms with Crippen molar-refractivity contribution < 1.29 is 4.79 Å². The smallest absolute Gasteiger partial charge is 0.332 e. The van der Waals surface area contributed by atoms with Crippen molar-refractivity contribution in [1.29, 1.82) is 0 Å². The molecule has 120 valence electrons. The second-order valence-corrected chi connectivity index (χ2v) is 5.18. The quantitative estimate of drug-likeness (QED) is 0.697. The van der Waals surface area contributed by atoms with Crippen LogP contribution in [0.15, 0.2) is 15.9 Å². The van der Waals surface area contributed by atoms with Crippen LogP contribution in [-0.4, -0.2) is 56.7 Å². The van der Waals surface area contributed by atoms with Crippen LogP contribution >= 0.6 is 0 Å². The SMILES string of the molecule is CNCCN(C)C(=O)Cn1c(=O)c2c(ncn2C)n(C)c1=O. The van der Waals surface area contributed by atoms with Crippen molar-refractivity contribution in [2.45, 2.75) is 6.54 Å². The lowest BCUT2D eigenvalue weighted by molar-refractivity contribution is -0.130. The lowest BCUT2D eigenvalue weighted by Gasteiger charge is -2.17. The molecule has 9 heteroatoms. The second-order valence-electron chi connectivity index (χ2n) is 5.18. The van der Waals surface area contributed by atoms with Gasteiger partial charge in [0, 0.05) is 34.2 Å². The molecule has 0 saturated heterocycles. The molecule has 0 spiro atoms. The van der Waals surface area contributed by atoms with E-state index in [1.165, 1.54) is 22.8 Å². The molecule has 2 rings (SSSR count). The van der Waals surface area contributed by atoms with Crippen LogP contribution in [-0.2, 0) is 25.4 Å². The predicted octanol–water partition coefficient (Wildman–Crippen LogP) is -1.89. The fraction of sp³-hybridized carbons (Fsp3) is 0.538. The van der Waals surface area contributed by atoms with Gasteiger partial charge in [0.2, 0.25) is 5.91 Å². The molecule has 0 radical (unpaired) electrons. The topological polar surface area (TPSA) is 94.2 Å². The van der Waals surface area contributed by atoms with Gasteiger partial charge in [-0.2, -0.15) is 0 Å². The lowest BCUT2D eigenvalue weighted by Crippen LogP contribution is -2.44. The summed E-state index contributed by atoms with van der Waals surface area (Å²) < 4.78 is 3.77. The van der Waals surface area contributed by atoms with E-state index < -0.39 is 11.2 Å². The summed E-state index contributed by atoms with van der Waals surface area (Å²) in [5.41, 5.74) is -0.447. The monoisotopic (exact) mass is 308 g/mol. The number of aromatic nitrogens is 4. The second kappa shape index (κ2) is 6.14. The number of hydrogen-bond donors (Lipinski definition) is 1. The van der Waals surface area contributed by atoms with Crippen molar-refractivity contribution in [2.24, 2.45) is 14.1 Å². The van der Waals surface area contributed by atoms with Crippen molar-refractivity contribution in [3.05, 3.63) is 27.2 Å². The highest BCUT2D eigenvalue weighted by molar-refractivity contribution is 5.76. The molecule has 2 heterocycles. The fourth-order valence-electron chi connectivity index (χ4n) is 2.20. The number of amides is 1. The Balaban J connectivity index is 2.44. The van der Waals surface area contributed by atoms with E-state index in [0.29, 0.717) is 24.3 Å². The van der Waals surface area contributed by atoms with E-state index in [1.54, 1.807) is 25.7 Å². The van der Waals surface area contributed by atoms with E-state index in [4.69, 9.17) is 0 Å². The average molecular weight is 308 g/mol. The van der Waals surface area contributed by atoms with Crippen LogP contribution in [0.4, 0.5) is 0 Å². The van der Waals surface area contributed by atoms with Crippen LogP contribution in [0.3, 0.4) is 0 Å². The Bertz CT molecular complexity index is 816. The van der Waals surface area contributed by atoms with Crippen molar-refractivity contribution in [2.75, 3.05) is 27.2 Å². The molecule has 2 aromatic rings. The first-order valence-electron chi connectivity index (χ1n) is 6.88. The summed E-state index contributed by atoms with van der Waals surface area (Å²) >= 11 is 0. The van der Waals surface area contributed by atoms with Crippen LogP contribution < -0.4 is 16.6 Å². The third-order valence-corrected chi connectivity index (χ3v) is 3.62. The zero-order chi connectivity index (χ0) is 16.4. The van der Waals surface area contributed by atoms with Crippen molar-refractivity contribution in [3.8, 4) is 0 Å². The van der Waals surface area contributed by atoms with Crippen LogP contribution in [0.2, 0.25) is 0 Å². The van der Waals surface area contributed by atoms with Gasteiger partial charge in [-0.25, -0.2) is 14.3 Å². The van der Waals surface area contributed by atoms with Gasteiger partial charge < -0.3 is 14.8 Å². The molecule has 0 atom stereocenters. The Morgan fingerprint density at radius 2 is 2.05 bits per heavy atom. The molecular weight excluding hydrogens is 288 g/mol. The van der Waals surface area contributed by atoms with Crippen LogP contribution in [0.5, 0.6) is 0 Å². The normalized spacial score (nSPS) is 11.1. The maximum atomic E-state index is 12.5. The molecule has 2 aromatic heterocycles. The molecule has 22 heavy (non-hydrogen) atoms. The minimum atomic E-state index is -0.549. The molecule has 0 aliphatic heterocycles.